The Morgan fingerprint density at radius 3 is 2.78 bits per heavy atom. The highest BCUT2D eigenvalue weighted by Crippen LogP contribution is 2.28. The fraction of sp³-hybridized carbons (Fsp3) is 0.316. The molecule has 0 saturated carbocycles. The van der Waals surface area contributed by atoms with E-state index in [1.54, 1.807) is 7.11 Å². The fourth-order valence-corrected chi connectivity index (χ4v) is 2.14. The van der Waals surface area contributed by atoms with Crippen LogP contribution in [-0.4, -0.2) is 25.2 Å². The van der Waals surface area contributed by atoms with E-state index in [4.69, 9.17) is 9.47 Å². The van der Waals surface area contributed by atoms with Crippen molar-refractivity contribution >= 4 is 0 Å². The lowest BCUT2D eigenvalue weighted by molar-refractivity contribution is 0.319. The van der Waals surface area contributed by atoms with Crippen LogP contribution >= 0.6 is 0 Å². The highest BCUT2D eigenvalue weighted by Gasteiger charge is 2.06. The van der Waals surface area contributed by atoms with Crippen LogP contribution in [0.4, 0.5) is 0 Å². The van der Waals surface area contributed by atoms with Crippen LogP contribution in [0.25, 0.3) is 0 Å². The number of hydrogen-bond donors (Lipinski definition) is 1. The van der Waals surface area contributed by atoms with Crippen molar-refractivity contribution in [3.63, 3.8) is 0 Å². The molecule has 1 N–H and O–H groups in total. The third-order valence-electron chi connectivity index (χ3n) is 3.32. The van der Waals surface area contributed by atoms with Gasteiger partial charge < -0.3 is 14.8 Å². The van der Waals surface area contributed by atoms with E-state index < -0.39 is 0 Å². The molecule has 0 saturated heterocycles. The second-order valence-electron chi connectivity index (χ2n) is 5.48. The average molecular weight is 312 g/mol. The Labute approximate surface area is 138 Å². The molecule has 2 aromatic rings. The van der Waals surface area contributed by atoms with Crippen molar-refractivity contribution in [1.82, 2.24) is 10.3 Å². The summed E-state index contributed by atoms with van der Waals surface area (Å²) in [5, 5.41) is 3.43. The van der Waals surface area contributed by atoms with Crippen LogP contribution in [0.3, 0.4) is 0 Å². The van der Waals surface area contributed by atoms with Crippen molar-refractivity contribution < 1.29 is 9.47 Å². The molecule has 0 unspecified atom stereocenters. The number of methoxy groups -OCH3 is 1. The zero-order chi connectivity index (χ0) is 16.5. The zero-order valence-corrected chi connectivity index (χ0v) is 13.8. The number of aromatic nitrogens is 1. The standard InChI is InChI=1S/C19H24N2O2/c1-15(2)14-23-19-12-16(7-8-18(19)22-3)13-20-11-9-17-6-4-5-10-21-17/h4-8,10,12,20H,1,9,11,13-14H2,2-3H3. The quantitative estimate of drug-likeness (QED) is 0.569. The van der Waals surface area contributed by atoms with E-state index in [0.717, 1.165) is 47.8 Å². The van der Waals surface area contributed by atoms with E-state index in [-0.39, 0.29) is 0 Å². The molecule has 1 aromatic heterocycles. The normalized spacial score (nSPS) is 10.3. The van der Waals surface area contributed by atoms with E-state index in [1.807, 2.05) is 49.5 Å². The van der Waals surface area contributed by atoms with Gasteiger partial charge in [0.05, 0.1) is 7.11 Å². The van der Waals surface area contributed by atoms with Crippen molar-refractivity contribution in [2.24, 2.45) is 0 Å². The molecule has 0 aliphatic rings. The molecule has 0 atom stereocenters. The topological polar surface area (TPSA) is 43.4 Å². The maximum absolute atomic E-state index is 5.74. The molecule has 0 amide bonds. The highest BCUT2D eigenvalue weighted by molar-refractivity contribution is 5.43. The van der Waals surface area contributed by atoms with Gasteiger partial charge in [-0.15, -0.1) is 0 Å². The summed E-state index contributed by atoms with van der Waals surface area (Å²) < 4.78 is 11.1. The first-order chi connectivity index (χ1) is 11.2. The summed E-state index contributed by atoms with van der Waals surface area (Å²) in [5.74, 6) is 1.49. The Balaban J connectivity index is 1.87. The van der Waals surface area contributed by atoms with E-state index in [2.05, 4.69) is 16.9 Å². The second kappa shape index (κ2) is 8.96. The predicted molar refractivity (Wildman–Crippen MR) is 93.0 cm³/mol. The third kappa shape index (κ3) is 5.75. The van der Waals surface area contributed by atoms with Gasteiger partial charge in [-0.3, -0.25) is 4.98 Å². The molecule has 1 heterocycles. The van der Waals surface area contributed by atoms with Crippen LogP contribution in [0, 0.1) is 0 Å². The highest BCUT2D eigenvalue weighted by atomic mass is 16.5. The van der Waals surface area contributed by atoms with Gasteiger partial charge in [-0.1, -0.05) is 18.7 Å². The van der Waals surface area contributed by atoms with Gasteiger partial charge in [-0.2, -0.15) is 0 Å². The summed E-state index contributed by atoms with van der Waals surface area (Å²) in [5.41, 5.74) is 3.23. The number of ether oxygens (including phenoxy) is 2. The Morgan fingerprint density at radius 1 is 1.22 bits per heavy atom. The van der Waals surface area contributed by atoms with Gasteiger partial charge in [-0.05, 0) is 42.3 Å². The lowest BCUT2D eigenvalue weighted by Crippen LogP contribution is -2.17. The van der Waals surface area contributed by atoms with Gasteiger partial charge >= 0.3 is 0 Å². The number of benzene rings is 1. The minimum Gasteiger partial charge on any atom is -0.493 e. The van der Waals surface area contributed by atoms with Crippen LogP contribution in [0.15, 0.2) is 54.7 Å². The zero-order valence-electron chi connectivity index (χ0n) is 13.8. The van der Waals surface area contributed by atoms with Gasteiger partial charge in [0.25, 0.3) is 0 Å². The summed E-state index contributed by atoms with van der Waals surface area (Å²) in [4.78, 5) is 4.32. The fourth-order valence-electron chi connectivity index (χ4n) is 2.14. The van der Waals surface area contributed by atoms with Crippen LogP contribution in [-0.2, 0) is 13.0 Å². The molecular formula is C19H24N2O2. The summed E-state index contributed by atoms with van der Waals surface area (Å²) in [6.07, 6.45) is 2.74. The Kier molecular flexibility index (Phi) is 6.63. The summed E-state index contributed by atoms with van der Waals surface area (Å²) in [7, 11) is 1.65. The molecule has 23 heavy (non-hydrogen) atoms. The molecule has 0 spiro atoms. The second-order valence-corrected chi connectivity index (χ2v) is 5.48. The first-order valence-corrected chi connectivity index (χ1v) is 7.74. The molecule has 122 valence electrons. The smallest absolute Gasteiger partial charge is 0.161 e. The van der Waals surface area contributed by atoms with Gasteiger partial charge in [-0.25, -0.2) is 0 Å². The largest absolute Gasteiger partial charge is 0.493 e. The predicted octanol–water partition coefficient (Wildman–Crippen LogP) is 3.38. The SMILES string of the molecule is C=C(C)COc1cc(CNCCc2ccccn2)ccc1OC. The maximum Gasteiger partial charge on any atom is 0.161 e. The van der Waals surface area contributed by atoms with Gasteiger partial charge in [0, 0.05) is 31.4 Å². The van der Waals surface area contributed by atoms with E-state index in [0.29, 0.717) is 6.61 Å². The maximum atomic E-state index is 5.74. The van der Waals surface area contributed by atoms with E-state index >= 15 is 0 Å². The minimum atomic E-state index is 0.493. The van der Waals surface area contributed by atoms with Crippen molar-refractivity contribution in [2.45, 2.75) is 19.9 Å². The summed E-state index contributed by atoms with van der Waals surface area (Å²) >= 11 is 0. The van der Waals surface area contributed by atoms with Gasteiger partial charge in [0.15, 0.2) is 11.5 Å². The van der Waals surface area contributed by atoms with Crippen molar-refractivity contribution in [2.75, 3.05) is 20.3 Å². The molecule has 0 bridgehead atoms. The molecule has 2 rings (SSSR count). The van der Waals surface area contributed by atoms with E-state index in [9.17, 15) is 0 Å². The molecular weight excluding hydrogens is 288 g/mol. The van der Waals surface area contributed by atoms with Gasteiger partial charge in [0.1, 0.15) is 6.61 Å². The molecule has 4 nitrogen and oxygen atoms in total. The third-order valence-corrected chi connectivity index (χ3v) is 3.32. The van der Waals surface area contributed by atoms with Crippen LogP contribution < -0.4 is 14.8 Å². The number of pyridine rings is 1. The number of hydrogen-bond acceptors (Lipinski definition) is 4. The molecule has 0 fully saturated rings. The molecule has 0 aliphatic heterocycles. The first-order valence-electron chi connectivity index (χ1n) is 7.74. The Morgan fingerprint density at radius 2 is 2.09 bits per heavy atom. The number of rotatable bonds is 9. The molecule has 0 aliphatic carbocycles. The lowest BCUT2D eigenvalue weighted by Gasteiger charge is -2.13. The lowest BCUT2D eigenvalue weighted by atomic mass is 10.2. The minimum absolute atomic E-state index is 0.493. The monoisotopic (exact) mass is 312 g/mol. The van der Waals surface area contributed by atoms with Gasteiger partial charge in [0.2, 0.25) is 0 Å². The van der Waals surface area contributed by atoms with Crippen molar-refractivity contribution in [1.29, 1.82) is 0 Å². The number of nitrogens with one attached hydrogen (secondary N) is 1. The Hall–Kier alpha value is -2.33. The first kappa shape index (κ1) is 17.0. The molecule has 4 heteroatoms. The summed E-state index contributed by atoms with van der Waals surface area (Å²) in [6, 6.07) is 12.0. The molecule has 1 aromatic carbocycles. The van der Waals surface area contributed by atoms with Crippen molar-refractivity contribution in [3.05, 3.63) is 66.0 Å². The number of nitrogens with zero attached hydrogens (tertiary/aromatic N) is 1. The van der Waals surface area contributed by atoms with Crippen LogP contribution in [0.1, 0.15) is 18.2 Å². The van der Waals surface area contributed by atoms with Crippen molar-refractivity contribution in [3.8, 4) is 11.5 Å². The van der Waals surface area contributed by atoms with E-state index in [1.165, 1.54) is 0 Å². The Bertz CT molecular complexity index is 627. The van der Waals surface area contributed by atoms with Crippen LogP contribution in [0.5, 0.6) is 11.5 Å². The average Bonchev–Trinajstić information content (AvgIpc) is 2.58. The summed E-state index contributed by atoms with van der Waals surface area (Å²) in [6.45, 7) is 7.94. The van der Waals surface area contributed by atoms with Crippen LogP contribution in [0.2, 0.25) is 0 Å². The molecule has 0 radical (unpaired) electrons.